The van der Waals surface area contributed by atoms with E-state index in [9.17, 15) is 0 Å². The van der Waals surface area contributed by atoms with Crippen molar-refractivity contribution in [3.05, 3.63) is 0 Å². The predicted octanol–water partition coefficient (Wildman–Crippen LogP) is -2.04. The molecule has 17 heavy (non-hydrogen) atoms. The van der Waals surface area contributed by atoms with Crippen molar-refractivity contribution in [2.24, 2.45) is 21.9 Å². The summed E-state index contributed by atoms with van der Waals surface area (Å²) >= 11 is 4.92. The average molecular weight is 265 g/mol. The molecule has 0 bridgehead atoms. The molecule has 0 rings (SSSR count). The van der Waals surface area contributed by atoms with Gasteiger partial charge in [-0.3, -0.25) is 0 Å². The molecule has 0 radical (unpaired) electrons. The van der Waals surface area contributed by atoms with Crippen LogP contribution in [0, 0.1) is 5.41 Å². The van der Waals surface area contributed by atoms with E-state index in [4.69, 9.17) is 43.7 Å². The highest BCUT2D eigenvalue weighted by atomic mass is 32.1. The number of rotatable bonds is 7. The maximum Gasteiger partial charge on any atom is 0.186 e. The summed E-state index contributed by atoms with van der Waals surface area (Å²) in [4.78, 5) is 3.77. The van der Waals surface area contributed by atoms with Gasteiger partial charge < -0.3 is 31.5 Å². The highest BCUT2D eigenvalue weighted by molar-refractivity contribution is 7.80. The number of hydrogen-bond acceptors (Lipinski definition) is 6. The largest absolute Gasteiger partial charge is 0.484 e. The Bertz CT molecular complexity index is 269. The molecule has 0 saturated carbocycles. The summed E-state index contributed by atoms with van der Waals surface area (Å²) in [6.07, 6.45) is 0. The lowest BCUT2D eigenvalue weighted by atomic mass is 9.93. The Balaban J connectivity index is 4.36. The molecule has 0 fully saturated rings. The highest BCUT2D eigenvalue weighted by Crippen LogP contribution is 2.16. The van der Waals surface area contributed by atoms with Crippen LogP contribution in [-0.2, 0) is 4.74 Å². The Labute approximate surface area is 105 Å². The van der Waals surface area contributed by atoms with Crippen LogP contribution >= 0.6 is 12.2 Å². The van der Waals surface area contributed by atoms with Crippen LogP contribution < -0.4 is 11.5 Å². The van der Waals surface area contributed by atoms with Gasteiger partial charge in [0.2, 0.25) is 0 Å². The molecule has 7 N–H and O–H groups in total. The van der Waals surface area contributed by atoms with Gasteiger partial charge in [-0.1, -0.05) is 0 Å². The van der Waals surface area contributed by atoms with Crippen molar-refractivity contribution in [2.45, 2.75) is 13.0 Å². The predicted molar refractivity (Wildman–Crippen MR) is 67.5 cm³/mol. The topological polar surface area (TPSA) is 134 Å². The quantitative estimate of drug-likeness (QED) is 0.203. The number of aliphatic hydroxyl groups is 3. The summed E-state index contributed by atoms with van der Waals surface area (Å²) in [5.41, 5.74) is 9.25. The molecule has 1 unspecified atom stereocenters. The van der Waals surface area contributed by atoms with Gasteiger partial charge in [0, 0.05) is 0 Å². The van der Waals surface area contributed by atoms with Crippen LogP contribution in [0.3, 0.4) is 0 Å². The van der Waals surface area contributed by atoms with E-state index in [0.717, 1.165) is 0 Å². The molecule has 7 nitrogen and oxygen atoms in total. The molecule has 1 atom stereocenters. The Morgan fingerprint density at radius 2 is 1.76 bits per heavy atom. The Morgan fingerprint density at radius 1 is 1.29 bits per heavy atom. The third-order valence-electron chi connectivity index (χ3n) is 2.21. The van der Waals surface area contributed by atoms with Gasteiger partial charge in [-0.05, 0) is 19.1 Å². The first kappa shape index (κ1) is 16.0. The number of thiocarbonyl (C=S) groups is 1. The van der Waals surface area contributed by atoms with Crippen LogP contribution in [0.5, 0.6) is 0 Å². The van der Waals surface area contributed by atoms with Gasteiger partial charge in [0.15, 0.2) is 11.0 Å². The number of aliphatic imine (C=N–C) groups is 1. The van der Waals surface area contributed by atoms with Gasteiger partial charge >= 0.3 is 0 Å². The molecule has 0 aromatic heterocycles. The summed E-state index contributed by atoms with van der Waals surface area (Å²) in [6.45, 7) is 0.276. The number of nitrogens with two attached hydrogens (primary N) is 2. The molecule has 0 aliphatic heterocycles. The lowest BCUT2D eigenvalue weighted by Crippen LogP contribution is -2.40. The van der Waals surface area contributed by atoms with Gasteiger partial charge in [-0.25, -0.2) is 4.99 Å². The van der Waals surface area contributed by atoms with E-state index in [1.165, 1.54) is 0 Å². The molecule has 0 spiro atoms. The van der Waals surface area contributed by atoms with Crippen LogP contribution in [0.25, 0.3) is 0 Å². The van der Waals surface area contributed by atoms with E-state index in [-0.39, 0.29) is 17.6 Å². The molecular formula is C9H19N3O4S. The van der Waals surface area contributed by atoms with Gasteiger partial charge in [-0.2, -0.15) is 0 Å². The van der Waals surface area contributed by atoms with E-state index in [1.807, 2.05) is 0 Å². The fourth-order valence-corrected chi connectivity index (χ4v) is 1.02. The second-order valence-electron chi connectivity index (χ2n) is 3.81. The first-order chi connectivity index (χ1) is 7.90. The average Bonchev–Trinajstić information content (AvgIpc) is 2.30. The number of ether oxygens (including phenoxy) is 1. The molecule has 0 aromatic carbocycles. The minimum Gasteiger partial charge on any atom is -0.484 e. The van der Waals surface area contributed by atoms with Crippen LogP contribution in [0.1, 0.15) is 6.92 Å². The zero-order valence-electron chi connectivity index (χ0n) is 9.67. The van der Waals surface area contributed by atoms with Crippen molar-refractivity contribution in [3.8, 4) is 0 Å². The maximum absolute atomic E-state index is 9.06. The summed E-state index contributed by atoms with van der Waals surface area (Å²) in [5, 5.41) is 27.3. The van der Waals surface area contributed by atoms with E-state index >= 15 is 0 Å². The van der Waals surface area contributed by atoms with E-state index in [1.54, 1.807) is 6.92 Å². The van der Waals surface area contributed by atoms with E-state index in [2.05, 4.69) is 4.99 Å². The van der Waals surface area contributed by atoms with E-state index < -0.39 is 31.3 Å². The van der Waals surface area contributed by atoms with Crippen molar-refractivity contribution < 1.29 is 20.1 Å². The maximum atomic E-state index is 9.06. The van der Waals surface area contributed by atoms with Gasteiger partial charge in [0.1, 0.15) is 12.6 Å². The second kappa shape index (κ2) is 7.38. The lowest BCUT2D eigenvalue weighted by Gasteiger charge is -2.27. The molecule has 0 aromatic rings. The number of aliphatic hydroxyl groups excluding tert-OH is 3. The van der Waals surface area contributed by atoms with Crippen LogP contribution in [-0.4, -0.2) is 58.8 Å². The third-order valence-corrected chi connectivity index (χ3v) is 2.67. The van der Waals surface area contributed by atoms with Crippen LogP contribution in [0.2, 0.25) is 0 Å². The minimum absolute atomic E-state index is 0.110. The summed E-state index contributed by atoms with van der Waals surface area (Å²) in [5.74, 6) is -0.110. The zero-order valence-corrected chi connectivity index (χ0v) is 10.5. The van der Waals surface area contributed by atoms with Crippen molar-refractivity contribution >= 4 is 23.2 Å². The first-order valence-corrected chi connectivity index (χ1v) is 5.39. The summed E-state index contributed by atoms with van der Waals surface area (Å²) in [6, 6.07) is -0.510. The minimum atomic E-state index is -1.12. The van der Waals surface area contributed by atoms with Crippen LogP contribution in [0.15, 0.2) is 4.99 Å². The Morgan fingerprint density at radius 3 is 2.12 bits per heavy atom. The summed E-state index contributed by atoms with van der Waals surface area (Å²) in [7, 11) is 0. The van der Waals surface area contributed by atoms with E-state index in [0.29, 0.717) is 0 Å². The fraction of sp³-hybridized carbons (Fsp3) is 0.778. The number of guanidine groups is 1. The van der Waals surface area contributed by atoms with Crippen molar-refractivity contribution in [3.63, 3.8) is 0 Å². The highest BCUT2D eigenvalue weighted by Gasteiger charge is 2.30. The third kappa shape index (κ3) is 5.26. The summed E-state index contributed by atoms with van der Waals surface area (Å²) < 4.78 is 5.18. The molecule has 0 amide bonds. The first-order valence-electron chi connectivity index (χ1n) is 4.99. The molecule has 0 heterocycles. The zero-order chi connectivity index (χ0) is 13.5. The normalized spacial score (nSPS) is 12.9. The fourth-order valence-electron chi connectivity index (χ4n) is 0.908. The van der Waals surface area contributed by atoms with Crippen molar-refractivity contribution in [1.29, 1.82) is 0 Å². The molecular weight excluding hydrogens is 246 g/mol. The van der Waals surface area contributed by atoms with Gasteiger partial charge in [0.05, 0.1) is 25.2 Å². The van der Waals surface area contributed by atoms with Gasteiger partial charge in [0.25, 0.3) is 0 Å². The molecule has 8 heteroatoms. The number of nitrogens with zero attached hydrogens (tertiary/aromatic N) is 1. The van der Waals surface area contributed by atoms with Crippen molar-refractivity contribution in [2.75, 3.05) is 26.4 Å². The Hall–Kier alpha value is -0.960. The molecule has 100 valence electrons. The monoisotopic (exact) mass is 265 g/mol. The van der Waals surface area contributed by atoms with Gasteiger partial charge in [-0.15, -0.1) is 0 Å². The lowest BCUT2D eigenvalue weighted by molar-refractivity contribution is -0.0289. The Kier molecular flexibility index (Phi) is 6.97. The SMILES string of the molecule is CC(N=C(N)N)C(=S)OCC(CO)(CO)CO. The standard InChI is InChI=1S/C9H19N3O4S/c1-6(12-8(10)11)7(17)16-5-9(2-13,3-14)4-15/h6,13-15H,2-5H2,1H3,(H4,10,11,12). The molecule has 0 aliphatic carbocycles. The second-order valence-corrected chi connectivity index (χ2v) is 4.21. The molecule has 0 saturated heterocycles. The van der Waals surface area contributed by atoms with Crippen molar-refractivity contribution in [1.82, 2.24) is 0 Å². The number of hydrogen-bond donors (Lipinski definition) is 5. The molecule has 0 aliphatic rings. The smallest absolute Gasteiger partial charge is 0.186 e. The van der Waals surface area contributed by atoms with Crippen LogP contribution in [0.4, 0.5) is 0 Å².